The Morgan fingerprint density at radius 2 is 1.95 bits per heavy atom. The van der Waals surface area contributed by atoms with E-state index in [2.05, 4.69) is 23.0 Å². The van der Waals surface area contributed by atoms with Crippen molar-refractivity contribution < 1.29 is 9.53 Å². The molecule has 0 aliphatic carbocycles. The van der Waals surface area contributed by atoms with Crippen LogP contribution >= 0.6 is 0 Å². The number of aromatic nitrogens is 2. The van der Waals surface area contributed by atoms with Crippen LogP contribution in [-0.4, -0.2) is 36.5 Å². The molecule has 0 aliphatic heterocycles. The van der Waals surface area contributed by atoms with Crippen LogP contribution in [0.15, 0.2) is 36.7 Å². The Bertz CT molecular complexity index is 599. The highest BCUT2D eigenvalue weighted by atomic mass is 16.5. The van der Waals surface area contributed by atoms with Gasteiger partial charge >= 0.3 is 0 Å². The number of para-hydroxylation sites is 1. The van der Waals surface area contributed by atoms with Gasteiger partial charge in [-0.2, -0.15) is 0 Å². The van der Waals surface area contributed by atoms with E-state index in [9.17, 15) is 4.79 Å². The molecule has 21 heavy (non-hydrogen) atoms. The van der Waals surface area contributed by atoms with E-state index in [0.29, 0.717) is 11.5 Å². The number of nitrogens with zero attached hydrogens (tertiary/aromatic N) is 3. The van der Waals surface area contributed by atoms with Crippen molar-refractivity contribution in [2.45, 2.75) is 19.4 Å². The maximum absolute atomic E-state index is 10.6. The van der Waals surface area contributed by atoms with Gasteiger partial charge in [0.25, 0.3) is 0 Å². The third-order valence-electron chi connectivity index (χ3n) is 3.48. The minimum absolute atomic E-state index is 0.198. The molecule has 0 N–H and O–H groups in total. The number of ether oxygens (including phenoxy) is 1. The molecule has 1 unspecified atom stereocenters. The fourth-order valence-corrected chi connectivity index (χ4v) is 2.10. The second kappa shape index (κ2) is 6.83. The first-order chi connectivity index (χ1) is 10.2. The zero-order valence-corrected chi connectivity index (χ0v) is 12.5. The van der Waals surface area contributed by atoms with Gasteiger partial charge in [-0.25, -0.2) is 9.97 Å². The molecule has 0 aliphatic rings. The number of rotatable bonds is 6. The normalized spacial score (nSPS) is 11.8. The van der Waals surface area contributed by atoms with Crippen LogP contribution in [0.1, 0.15) is 22.8 Å². The number of aldehydes is 1. The Labute approximate surface area is 124 Å². The highest BCUT2D eigenvalue weighted by Crippen LogP contribution is 2.21. The fraction of sp³-hybridized carbons (Fsp3) is 0.312. The summed E-state index contributed by atoms with van der Waals surface area (Å²) in [6, 6.07) is 8.16. The van der Waals surface area contributed by atoms with Crippen LogP contribution in [0.4, 0.5) is 5.95 Å². The molecule has 110 valence electrons. The van der Waals surface area contributed by atoms with E-state index in [1.807, 2.05) is 30.1 Å². The predicted molar refractivity (Wildman–Crippen MR) is 82.0 cm³/mol. The Kier molecular flexibility index (Phi) is 4.87. The Balaban J connectivity index is 2.11. The summed E-state index contributed by atoms with van der Waals surface area (Å²) in [7, 11) is 3.62. The lowest BCUT2D eigenvalue weighted by Crippen LogP contribution is -2.32. The van der Waals surface area contributed by atoms with E-state index in [-0.39, 0.29) is 6.04 Å². The van der Waals surface area contributed by atoms with Crippen molar-refractivity contribution in [3.05, 3.63) is 47.8 Å². The molecule has 5 heteroatoms. The maximum Gasteiger partial charge on any atom is 0.225 e. The minimum Gasteiger partial charge on any atom is -0.496 e. The SMILES string of the molecule is COc1ccccc1CC(C)N(C)c1ncc(C=O)cn1. The number of benzene rings is 1. The Morgan fingerprint density at radius 1 is 1.29 bits per heavy atom. The van der Waals surface area contributed by atoms with E-state index in [0.717, 1.165) is 24.0 Å². The molecule has 0 saturated heterocycles. The molecule has 2 rings (SSSR count). The molecule has 1 atom stereocenters. The van der Waals surface area contributed by atoms with E-state index >= 15 is 0 Å². The van der Waals surface area contributed by atoms with Crippen molar-refractivity contribution in [1.82, 2.24) is 9.97 Å². The summed E-state index contributed by atoms with van der Waals surface area (Å²) in [5.74, 6) is 1.48. The largest absolute Gasteiger partial charge is 0.496 e. The van der Waals surface area contributed by atoms with Gasteiger partial charge in [0.2, 0.25) is 5.95 Å². The van der Waals surface area contributed by atoms with Crippen LogP contribution in [0.25, 0.3) is 0 Å². The van der Waals surface area contributed by atoms with Crippen molar-refractivity contribution in [3.8, 4) is 5.75 Å². The molecule has 1 aromatic heterocycles. The quantitative estimate of drug-likeness (QED) is 0.763. The molecular formula is C16H19N3O2. The minimum atomic E-state index is 0.198. The number of anilines is 1. The summed E-state index contributed by atoms with van der Waals surface area (Å²) in [4.78, 5) is 21.0. The summed E-state index contributed by atoms with van der Waals surface area (Å²) in [5, 5.41) is 0. The zero-order chi connectivity index (χ0) is 15.2. The van der Waals surface area contributed by atoms with Crippen LogP contribution in [0.3, 0.4) is 0 Å². The van der Waals surface area contributed by atoms with Crippen molar-refractivity contribution in [1.29, 1.82) is 0 Å². The average molecular weight is 285 g/mol. The van der Waals surface area contributed by atoms with Crippen LogP contribution in [0, 0.1) is 0 Å². The second-order valence-electron chi connectivity index (χ2n) is 4.91. The van der Waals surface area contributed by atoms with Crippen LogP contribution in [0.2, 0.25) is 0 Å². The molecule has 0 saturated carbocycles. The van der Waals surface area contributed by atoms with Crippen molar-refractivity contribution >= 4 is 12.2 Å². The monoisotopic (exact) mass is 285 g/mol. The molecule has 1 aromatic carbocycles. The highest BCUT2D eigenvalue weighted by Gasteiger charge is 2.15. The lowest BCUT2D eigenvalue weighted by Gasteiger charge is -2.25. The molecule has 0 bridgehead atoms. The third kappa shape index (κ3) is 3.56. The summed E-state index contributed by atoms with van der Waals surface area (Å²) in [5.41, 5.74) is 1.62. The van der Waals surface area contributed by atoms with E-state index in [1.165, 1.54) is 12.4 Å². The van der Waals surface area contributed by atoms with E-state index in [4.69, 9.17) is 4.74 Å². The molecular weight excluding hydrogens is 266 g/mol. The van der Waals surface area contributed by atoms with Crippen molar-refractivity contribution in [2.24, 2.45) is 0 Å². The number of carbonyl (C=O) groups excluding carboxylic acids is 1. The second-order valence-corrected chi connectivity index (χ2v) is 4.91. The van der Waals surface area contributed by atoms with Gasteiger partial charge in [0.15, 0.2) is 6.29 Å². The number of likely N-dealkylation sites (N-methyl/N-ethyl adjacent to an activating group) is 1. The summed E-state index contributed by atoms with van der Waals surface area (Å²) >= 11 is 0. The van der Waals surface area contributed by atoms with Crippen molar-refractivity contribution in [3.63, 3.8) is 0 Å². The van der Waals surface area contributed by atoms with E-state index in [1.54, 1.807) is 7.11 Å². The van der Waals surface area contributed by atoms with Gasteiger partial charge in [0, 0.05) is 25.5 Å². The van der Waals surface area contributed by atoms with Gasteiger partial charge in [-0.1, -0.05) is 18.2 Å². The molecule has 1 heterocycles. The Morgan fingerprint density at radius 3 is 2.57 bits per heavy atom. The van der Waals surface area contributed by atoms with Gasteiger partial charge < -0.3 is 9.64 Å². The number of methoxy groups -OCH3 is 1. The molecule has 0 fully saturated rings. The first-order valence-electron chi connectivity index (χ1n) is 6.77. The predicted octanol–water partition coefficient (Wildman–Crippen LogP) is 2.37. The van der Waals surface area contributed by atoms with Crippen LogP contribution in [-0.2, 0) is 6.42 Å². The molecule has 2 aromatic rings. The Hall–Kier alpha value is -2.43. The number of hydrogen-bond acceptors (Lipinski definition) is 5. The van der Waals surface area contributed by atoms with Gasteiger partial charge in [-0.15, -0.1) is 0 Å². The van der Waals surface area contributed by atoms with Crippen LogP contribution in [0.5, 0.6) is 5.75 Å². The topological polar surface area (TPSA) is 55.3 Å². The zero-order valence-electron chi connectivity index (χ0n) is 12.5. The summed E-state index contributed by atoms with van der Waals surface area (Å²) in [6.45, 7) is 2.10. The molecule has 0 amide bonds. The summed E-state index contributed by atoms with van der Waals surface area (Å²) in [6.07, 6.45) is 4.62. The molecule has 0 radical (unpaired) electrons. The number of carbonyl (C=O) groups is 1. The van der Waals surface area contributed by atoms with E-state index < -0.39 is 0 Å². The van der Waals surface area contributed by atoms with Crippen LogP contribution < -0.4 is 9.64 Å². The first kappa shape index (κ1) is 15.0. The first-order valence-corrected chi connectivity index (χ1v) is 6.77. The average Bonchev–Trinajstić information content (AvgIpc) is 2.54. The smallest absolute Gasteiger partial charge is 0.225 e. The van der Waals surface area contributed by atoms with Gasteiger partial charge in [0.05, 0.1) is 12.7 Å². The fourth-order valence-electron chi connectivity index (χ4n) is 2.10. The molecule has 0 spiro atoms. The maximum atomic E-state index is 10.6. The highest BCUT2D eigenvalue weighted by molar-refractivity contribution is 5.73. The summed E-state index contributed by atoms with van der Waals surface area (Å²) < 4.78 is 5.37. The standard InChI is InChI=1S/C16H19N3O2/c1-12(8-14-6-4-5-7-15(14)21-3)19(2)16-17-9-13(11-20)10-18-16/h4-7,9-12H,8H2,1-3H3. The lowest BCUT2D eigenvalue weighted by molar-refractivity contribution is 0.112. The lowest BCUT2D eigenvalue weighted by atomic mass is 10.1. The molecule has 5 nitrogen and oxygen atoms in total. The van der Waals surface area contributed by atoms with Gasteiger partial charge in [-0.05, 0) is 25.0 Å². The third-order valence-corrected chi connectivity index (χ3v) is 3.48. The number of hydrogen-bond donors (Lipinski definition) is 0. The van der Waals surface area contributed by atoms with Crippen molar-refractivity contribution in [2.75, 3.05) is 19.1 Å². The van der Waals surface area contributed by atoms with Gasteiger partial charge in [-0.3, -0.25) is 4.79 Å². The van der Waals surface area contributed by atoms with Gasteiger partial charge in [0.1, 0.15) is 5.75 Å².